The molecule has 20 heteroatoms. The lowest BCUT2D eigenvalue weighted by Crippen LogP contribution is -2.74. The van der Waals surface area contributed by atoms with Gasteiger partial charge in [0.15, 0.2) is 8.32 Å². The van der Waals surface area contributed by atoms with E-state index in [2.05, 4.69) is 19.6 Å². The molecule has 0 aromatic heterocycles. The molecule has 0 N–H and O–H groups in total. The molecule has 0 radical (unpaired) electrons. The number of rotatable bonds is 12. The highest BCUT2D eigenvalue weighted by Gasteiger charge is 2.66. The first-order valence-electron chi connectivity index (χ1n) is 11.7. The second kappa shape index (κ2) is 12.0. The normalized spacial score (nSPS) is 33.3. The van der Waals surface area contributed by atoms with Crippen molar-refractivity contribution < 1.29 is 50.6 Å². The van der Waals surface area contributed by atoms with Crippen molar-refractivity contribution in [3.63, 3.8) is 0 Å². The third kappa shape index (κ3) is 11.0. The van der Waals surface area contributed by atoms with Gasteiger partial charge in [-0.3, -0.25) is 0 Å². The summed E-state index contributed by atoms with van der Waals surface area (Å²) >= 11 is 0. The van der Waals surface area contributed by atoms with Crippen molar-refractivity contribution in [2.24, 2.45) is 0 Å². The second-order valence-corrected chi connectivity index (χ2v) is 37.5. The molecule has 4 unspecified atom stereocenters. The van der Waals surface area contributed by atoms with Crippen molar-refractivity contribution in [1.82, 2.24) is 0 Å². The third-order valence-electron chi connectivity index (χ3n) is 4.93. The molecule has 1 fully saturated rings. The van der Waals surface area contributed by atoms with Gasteiger partial charge in [0.1, 0.15) is 0 Å². The standard InChI is InChI=1S/C16H48O12Si8/c1-17-30(8,9)22-34(14)25-33(13,21-29(5,6)7)26-36(16,24-32(12,19-3)20-4)28-35(15,27-34)23-31(10,11)18-2/h1-16H3. The maximum absolute atomic E-state index is 6.72. The molecule has 1 rings (SSSR count). The molecule has 0 aliphatic carbocycles. The van der Waals surface area contributed by atoms with Gasteiger partial charge in [0.05, 0.1) is 0 Å². The Hall–Kier alpha value is 1.26. The van der Waals surface area contributed by atoms with Crippen LogP contribution >= 0.6 is 0 Å². The summed E-state index contributed by atoms with van der Waals surface area (Å²) in [7, 11) is -18.6. The van der Waals surface area contributed by atoms with Gasteiger partial charge >= 0.3 is 61.1 Å². The summed E-state index contributed by atoms with van der Waals surface area (Å²) in [6.45, 7) is 22.7. The molecular formula is C16H48O12Si8. The van der Waals surface area contributed by atoms with E-state index in [1.165, 1.54) is 14.2 Å². The van der Waals surface area contributed by atoms with Gasteiger partial charge in [-0.05, 0) is 45.8 Å². The van der Waals surface area contributed by atoms with Crippen LogP contribution in [0.4, 0.5) is 0 Å². The van der Waals surface area contributed by atoms with Gasteiger partial charge in [-0.25, -0.2) is 0 Å². The molecule has 1 heterocycles. The summed E-state index contributed by atoms with van der Waals surface area (Å²) in [5, 5.41) is 0. The Balaban J connectivity index is 3.73. The van der Waals surface area contributed by atoms with Crippen LogP contribution in [0.15, 0.2) is 0 Å². The predicted octanol–water partition coefficient (Wildman–Crippen LogP) is 3.80. The molecule has 0 bridgehead atoms. The maximum Gasteiger partial charge on any atom is 0.489 e. The van der Waals surface area contributed by atoms with Crippen LogP contribution in [0.25, 0.3) is 0 Å². The van der Waals surface area contributed by atoms with Gasteiger partial charge < -0.3 is 50.6 Å². The van der Waals surface area contributed by atoms with Crippen LogP contribution in [0.5, 0.6) is 0 Å². The molecule has 1 aliphatic heterocycles. The lowest BCUT2D eigenvalue weighted by Gasteiger charge is -2.50. The van der Waals surface area contributed by atoms with E-state index in [1.54, 1.807) is 40.4 Å². The van der Waals surface area contributed by atoms with Crippen molar-refractivity contribution in [1.29, 1.82) is 0 Å². The Kier molecular flexibility index (Phi) is 11.8. The Morgan fingerprint density at radius 3 is 0.944 bits per heavy atom. The Bertz CT molecular complexity index is 740. The average Bonchev–Trinajstić information content (AvgIpc) is 2.62. The van der Waals surface area contributed by atoms with E-state index >= 15 is 0 Å². The minimum atomic E-state index is -3.64. The van der Waals surface area contributed by atoms with Gasteiger partial charge in [0.25, 0.3) is 0 Å². The first-order chi connectivity index (χ1) is 15.9. The Morgan fingerprint density at radius 2 is 0.694 bits per heavy atom. The highest BCUT2D eigenvalue weighted by atomic mass is 28.6. The van der Waals surface area contributed by atoms with Crippen LogP contribution in [-0.2, 0) is 50.6 Å². The van der Waals surface area contributed by atoms with Crippen LogP contribution in [-0.4, -0.2) is 97.9 Å². The summed E-state index contributed by atoms with van der Waals surface area (Å²) in [6.07, 6.45) is 0. The van der Waals surface area contributed by atoms with Crippen molar-refractivity contribution in [3.05, 3.63) is 0 Å². The molecule has 12 nitrogen and oxygen atoms in total. The first kappa shape index (κ1) is 35.3. The topological polar surface area (TPSA) is 111 Å². The number of hydrogen-bond acceptors (Lipinski definition) is 12. The second-order valence-electron chi connectivity index (χ2n) is 10.9. The molecule has 0 saturated carbocycles. The predicted molar refractivity (Wildman–Crippen MR) is 153 cm³/mol. The van der Waals surface area contributed by atoms with Crippen molar-refractivity contribution in [2.75, 3.05) is 28.4 Å². The smallest absolute Gasteiger partial charge is 0.417 e. The lowest BCUT2D eigenvalue weighted by molar-refractivity contribution is 0.0624. The summed E-state index contributed by atoms with van der Waals surface area (Å²) < 4.78 is 75.4. The molecule has 216 valence electrons. The molecule has 0 aromatic carbocycles. The SMILES string of the molecule is CO[Si](C)(C)O[Si]1(C)O[Si](C)(O[Si](C)(C)C)O[Si](C)(O[Si](C)(OC)OC)O[Si](C)(O[Si](C)(C)OC)O1. The van der Waals surface area contributed by atoms with E-state index in [0.29, 0.717) is 0 Å². The summed E-state index contributed by atoms with van der Waals surface area (Å²) in [4.78, 5) is 0. The third-order valence-corrected chi connectivity index (χ3v) is 34.0. The van der Waals surface area contributed by atoms with Crippen LogP contribution in [0, 0.1) is 0 Å². The molecule has 1 aliphatic rings. The Labute approximate surface area is 226 Å². The maximum atomic E-state index is 6.72. The fourth-order valence-electron chi connectivity index (χ4n) is 3.63. The van der Waals surface area contributed by atoms with E-state index in [4.69, 9.17) is 50.6 Å². The van der Waals surface area contributed by atoms with Gasteiger partial charge in [0.2, 0.25) is 0 Å². The fourth-order valence-corrected chi connectivity index (χ4v) is 36.7. The summed E-state index contributed by atoms with van der Waals surface area (Å²) in [5.41, 5.74) is 0. The van der Waals surface area contributed by atoms with Gasteiger partial charge in [0, 0.05) is 61.2 Å². The van der Waals surface area contributed by atoms with E-state index in [1.807, 2.05) is 32.7 Å². The van der Waals surface area contributed by atoms with Crippen molar-refractivity contribution in [2.45, 2.75) is 78.6 Å². The molecule has 0 spiro atoms. The largest absolute Gasteiger partial charge is 0.489 e. The molecule has 0 aromatic rings. The zero-order chi connectivity index (χ0) is 28.5. The number of hydrogen-bond donors (Lipinski definition) is 0. The zero-order valence-electron chi connectivity index (χ0n) is 24.9. The van der Waals surface area contributed by atoms with Gasteiger partial charge in [-0.2, -0.15) is 0 Å². The van der Waals surface area contributed by atoms with E-state index in [9.17, 15) is 0 Å². The first-order valence-corrected chi connectivity index (χ1v) is 31.9. The van der Waals surface area contributed by atoms with Crippen LogP contribution in [0.2, 0.25) is 78.6 Å². The van der Waals surface area contributed by atoms with E-state index in [-0.39, 0.29) is 0 Å². The summed E-state index contributed by atoms with van der Waals surface area (Å²) in [5.74, 6) is 0. The molecule has 1 saturated heterocycles. The molecular weight excluding hydrogens is 609 g/mol. The van der Waals surface area contributed by atoms with Crippen molar-refractivity contribution in [3.8, 4) is 0 Å². The quantitative estimate of drug-likeness (QED) is 0.285. The van der Waals surface area contributed by atoms with E-state index in [0.717, 1.165) is 0 Å². The van der Waals surface area contributed by atoms with Gasteiger partial charge in [-0.15, -0.1) is 0 Å². The minimum absolute atomic E-state index is 1.53. The highest BCUT2D eigenvalue weighted by molar-refractivity contribution is 6.95. The van der Waals surface area contributed by atoms with Crippen molar-refractivity contribution >= 4 is 69.5 Å². The molecule has 36 heavy (non-hydrogen) atoms. The fraction of sp³-hybridized carbons (Fsp3) is 1.00. The molecule has 0 amide bonds. The Morgan fingerprint density at radius 1 is 0.417 bits per heavy atom. The molecule has 4 atom stereocenters. The summed E-state index contributed by atoms with van der Waals surface area (Å²) in [6, 6.07) is 0. The monoisotopic (exact) mass is 656 g/mol. The van der Waals surface area contributed by atoms with Gasteiger partial charge in [-0.1, -0.05) is 0 Å². The van der Waals surface area contributed by atoms with Crippen LogP contribution in [0.1, 0.15) is 0 Å². The highest BCUT2D eigenvalue weighted by Crippen LogP contribution is 2.37. The van der Waals surface area contributed by atoms with E-state index < -0.39 is 69.5 Å². The van der Waals surface area contributed by atoms with Crippen LogP contribution in [0.3, 0.4) is 0 Å². The minimum Gasteiger partial charge on any atom is -0.417 e. The van der Waals surface area contributed by atoms with Crippen LogP contribution < -0.4 is 0 Å². The zero-order valence-corrected chi connectivity index (χ0v) is 32.9. The average molecular weight is 657 g/mol. The lowest BCUT2D eigenvalue weighted by atomic mass is 11.8.